The van der Waals surface area contributed by atoms with Crippen molar-refractivity contribution in [2.75, 3.05) is 0 Å². The number of allylic oxidation sites excluding steroid dienone is 1. The zero-order chi connectivity index (χ0) is 22.4. The second kappa shape index (κ2) is 14.0. The summed E-state index contributed by atoms with van der Waals surface area (Å²) in [7, 11) is 0. The van der Waals surface area contributed by atoms with Crippen LogP contribution in [0.4, 0.5) is 0 Å². The molecule has 0 spiro atoms. The van der Waals surface area contributed by atoms with Crippen LogP contribution in [-0.4, -0.2) is 0 Å². The number of aryl methyl sites for hydroxylation is 1. The molecule has 0 aromatic heterocycles. The molecule has 0 unspecified atom stereocenters. The molecule has 0 saturated heterocycles. The van der Waals surface area contributed by atoms with Crippen molar-refractivity contribution < 1.29 is 0 Å². The highest BCUT2D eigenvalue weighted by molar-refractivity contribution is 5.52. The molecule has 0 radical (unpaired) electrons. The molecule has 1 aliphatic carbocycles. The van der Waals surface area contributed by atoms with E-state index in [0.717, 1.165) is 23.0 Å². The van der Waals surface area contributed by atoms with Crippen molar-refractivity contribution in [3.8, 4) is 11.8 Å². The van der Waals surface area contributed by atoms with Gasteiger partial charge in [0, 0.05) is 11.1 Å². The van der Waals surface area contributed by atoms with Gasteiger partial charge in [-0.1, -0.05) is 119 Å². The first-order valence-corrected chi connectivity index (χ1v) is 13.1. The molecular formula is C32H42. The van der Waals surface area contributed by atoms with Crippen LogP contribution >= 0.6 is 0 Å². The highest BCUT2D eigenvalue weighted by Crippen LogP contribution is 2.34. The zero-order valence-corrected chi connectivity index (χ0v) is 20.4. The Hall–Kier alpha value is -2.26. The standard InChI is InChI=1S/C32H42/c1-3-5-6-7-8-10-28-13-17-30(18-14-28)20-22-32-25-23-31(24-26-32)21-19-29-15-11-27(9-4-2)12-16-29/h4,9,11-12,15-16,23-26,28,30H,3,5-8,10,13-14,17-18,20,22H2,1-2H3/b9-4+. The van der Waals surface area contributed by atoms with Crippen LogP contribution in [-0.2, 0) is 6.42 Å². The van der Waals surface area contributed by atoms with Crippen molar-refractivity contribution in [2.45, 2.75) is 90.9 Å². The third-order valence-electron chi connectivity index (χ3n) is 7.10. The van der Waals surface area contributed by atoms with Crippen LogP contribution in [0.3, 0.4) is 0 Å². The van der Waals surface area contributed by atoms with E-state index >= 15 is 0 Å². The maximum absolute atomic E-state index is 3.31. The summed E-state index contributed by atoms with van der Waals surface area (Å²) >= 11 is 0. The van der Waals surface area contributed by atoms with Gasteiger partial charge in [0.15, 0.2) is 0 Å². The summed E-state index contributed by atoms with van der Waals surface area (Å²) in [6, 6.07) is 17.4. The van der Waals surface area contributed by atoms with E-state index in [1.54, 1.807) is 0 Å². The topological polar surface area (TPSA) is 0 Å². The predicted octanol–water partition coefficient (Wildman–Crippen LogP) is 9.22. The molecule has 1 fully saturated rings. The zero-order valence-electron chi connectivity index (χ0n) is 20.4. The summed E-state index contributed by atoms with van der Waals surface area (Å²) in [6.45, 7) is 4.34. The Morgan fingerprint density at radius 2 is 1.28 bits per heavy atom. The third kappa shape index (κ3) is 8.70. The fourth-order valence-electron chi connectivity index (χ4n) is 4.99. The first-order valence-electron chi connectivity index (χ1n) is 13.1. The normalized spacial score (nSPS) is 18.4. The van der Waals surface area contributed by atoms with E-state index in [-0.39, 0.29) is 0 Å². The van der Waals surface area contributed by atoms with Crippen LogP contribution < -0.4 is 0 Å². The SMILES string of the molecule is C/C=C/c1ccc(C#Cc2ccc(CCC3CCC(CCCCCCC)CC3)cc2)cc1. The van der Waals surface area contributed by atoms with Crippen LogP contribution in [0.15, 0.2) is 54.6 Å². The molecule has 0 atom stereocenters. The Morgan fingerprint density at radius 3 is 1.88 bits per heavy atom. The van der Waals surface area contributed by atoms with E-state index in [1.807, 2.05) is 6.92 Å². The van der Waals surface area contributed by atoms with Gasteiger partial charge in [0.2, 0.25) is 0 Å². The van der Waals surface area contributed by atoms with Gasteiger partial charge in [-0.05, 0) is 67.0 Å². The summed E-state index contributed by atoms with van der Waals surface area (Å²) in [6.07, 6.45) is 21.2. The molecule has 2 aromatic rings. The lowest BCUT2D eigenvalue weighted by molar-refractivity contribution is 0.248. The highest BCUT2D eigenvalue weighted by Gasteiger charge is 2.20. The summed E-state index contributed by atoms with van der Waals surface area (Å²) < 4.78 is 0. The quantitative estimate of drug-likeness (QED) is 0.262. The van der Waals surface area contributed by atoms with Gasteiger partial charge in [-0.3, -0.25) is 0 Å². The van der Waals surface area contributed by atoms with Gasteiger partial charge >= 0.3 is 0 Å². The largest absolute Gasteiger partial charge is 0.0871 e. The van der Waals surface area contributed by atoms with Gasteiger partial charge in [-0.25, -0.2) is 0 Å². The smallest absolute Gasteiger partial charge is 0.0249 e. The van der Waals surface area contributed by atoms with Gasteiger partial charge in [0.1, 0.15) is 0 Å². The molecule has 0 aliphatic heterocycles. The Bertz CT molecular complexity index is 849. The fourth-order valence-corrected chi connectivity index (χ4v) is 4.99. The van der Waals surface area contributed by atoms with Gasteiger partial charge in [0.05, 0.1) is 0 Å². The van der Waals surface area contributed by atoms with Crippen molar-refractivity contribution in [1.82, 2.24) is 0 Å². The summed E-state index contributed by atoms with van der Waals surface area (Å²) in [5.74, 6) is 8.56. The predicted molar refractivity (Wildman–Crippen MR) is 141 cm³/mol. The lowest BCUT2D eigenvalue weighted by Gasteiger charge is -2.28. The Kier molecular flexibility index (Phi) is 10.7. The number of unbranched alkanes of at least 4 members (excludes halogenated alkanes) is 4. The van der Waals surface area contributed by atoms with Crippen LogP contribution in [0.1, 0.15) is 107 Å². The van der Waals surface area contributed by atoms with E-state index in [1.165, 1.54) is 88.2 Å². The van der Waals surface area contributed by atoms with Crippen molar-refractivity contribution >= 4 is 6.08 Å². The second-order valence-corrected chi connectivity index (χ2v) is 9.70. The molecule has 0 heterocycles. The van der Waals surface area contributed by atoms with E-state index in [4.69, 9.17) is 0 Å². The van der Waals surface area contributed by atoms with E-state index in [0.29, 0.717) is 0 Å². The molecule has 0 nitrogen and oxygen atoms in total. The molecule has 1 saturated carbocycles. The molecule has 0 heteroatoms. The maximum Gasteiger partial charge on any atom is 0.0249 e. The molecule has 170 valence electrons. The van der Waals surface area contributed by atoms with Crippen molar-refractivity contribution in [2.24, 2.45) is 11.8 Å². The van der Waals surface area contributed by atoms with Crippen molar-refractivity contribution in [3.63, 3.8) is 0 Å². The minimum atomic E-state index is 0.941. The van der Waals surface area contributed by atoms with Gasteiger partial charge in [-0.15, -0.1) is 0 Å². The average Bonchev–Trinajstić information content (AvgIpc) is 2.84. The first kappa shape index (κ1) is 24.4. The van der Waals surface area contributed by atoms with Gasteiger partial charge in [0.25, 0.3) is 0 Å². The molecule has 0 N–H and O–H groups in total. The van der Waals surface area contributed by atoms with Gasteiger partial charge in [-0.2, -0.15) is 0 Å². The first-order chi connectivity index (χ1) is 15.8. The third-order valence-corrected chi connectivity index (χ3v) is 7.10. The van der Waals surface area contributed by atoms with Crippen LogP contribution in [0.2, 0.25) is 0 Å². The Balaban J connectivity index is 1.37. The van der Waals surface area contributed by atoms with Crippen LogP contribution in [0.5, 0.6) is 0 Å². The molecule has 32 heavy (non-hydrogen) atoms. The van der Waals surface area contributed by atoms with Crippen LogP contribution in [0.25, 0.3) is 6.08 Å². The van der Waals surface area contributed by atoms with Crippen molar-refractivity contribution in [3.05, 3.63) is 76.9 Å². The summed E-state index contributed by atoms with van der Waals surface area (Å²) in [4.78, 5) is 0. The minimum Gasteiger partial charge on any atom is -0.0871 e. The van der Waals surface area contributed by atoms with Gasteiger partial charge < -0.3 is 0 Å². The molecule has 3 rings (SSSR count). The molecule has 0 bridgehead atoms. The van der Waals surface area contributed by atoms with E-state index in [9.17, 15) is 0 Å². The summed E-state index contributed by atoms with van der Waals surface area (Å²) in [5, 5.41) is 0. The lowest BCUT2D eigenvalue weighted by atomic mass is 9.77. The molecule has 2 aromatic carbocycles. The number of benzene rings is 2. The van der Waals surface area contributed by atoms with E-state index < -0.39 is 0 Å². The number of hydrogen-bond acceptors (Lipinski definition) is 0. The Labute approximate surface area is 197 Å². The second-order valence-electron chi connectivity index (χ2n) is 9.70. The number of hydrogen-bond donors (Lipinski definition) is 0. The number of rotatable bonds is 10. The van der Waals surface area contributed by atoms with Crippen LogP contribution in [0, 0.1) is 23.7 Å². The molecular weight excluding hydrogens is 384 g/mol. The summed E-state index contributed by atoms with van der Waals surface area (Å²) in [5.41, 5.74) is 4.85. The molecule has 1 aliphatic rings. The minimum absolute atomic E-state index is 0.941. The molecule has 0 amide bonds. The Morgan fingerprint density at radius 1 is 0.719 bits per heavy atom. The monoisotopic (exact) mass is 426 g/mol. The fraction of sp³-hybridized carbons (Fsp3) is 0.500. The van der Waals surface area contributed by atoms with E-state index in [2.05, 4.69) is 79.4 Å². The average molecular weight is 427 g/mol. The highest BCUT2D eigenvalue weighted by atomic mass is 14.3. The lowest BCUT2D eigenvalue weighted by Crippen LogP contribution is -2.15. The van der Waals surface area contributed by atoms with Crippen molar-refractivity contribution in [1.29, 1.82) is 0 Å². The maximum atomic E-state index is 3.31.